The van der Waals surface area contributed by atoms with Gasteiger partial charge in [-0.25, -0.2) is 0 Å². The maximum Gasteiger partial charge on any atom is 0.154 e. The summed E-state index contributed by atoms with van der Waals surface area (Å²) < 4.78 is 4.88. The van der Waals surface area contributed by atoms with Crippen molar-refractivity contribution in [1.82, 2.24) is 4.90 Å². The summed E-state index contributed by atoms with van der Waals surface area (Å²) in [6.07, 6.45) is -0.884. The summed E-state index contributed by atoms with van der Waals surface area (Å²) in [5.74, 6) is 0. The topological polar surface area (TPSA) is 32.7 Å². The maximum absolute atomic E-state index is 8.66. The minimum absolute atomic E-state index is 0.548. The Labute approximate surface area is 69.0 Å². The van der Waals surface area contributed by atoms with Crippen molar-refractivity contribution < 1.29 is 9.84 Å². The number of hydrogen-bond donors (Lipinski definition) is 1. The second kappa shape index (κ2) is 6.58. The number of rotatable bonds is 6. The summed E-state index contributed by atoms with van der Waals surface area (Å²) in [5, 5.41) is 8.66. The van der Waals surface area contributed by atoms with Crippen LogP contribution in [0.2, 0.25) is 0 Å². The highest BCUT2D eigenvalue weighted by atomic mass is 16.6. The molecule has 0 aromatic heterocycles. The Morgan fingerprint density at radius 1 is 1.45 bits per heavy atom. The molecule has 0 bridgehead atoms. The quantitative estimate of drug-likeness (QED) is 0.574. The SMILES string of the molecule is [CH2]C(O)OCCN(CC)CC. The van der Waals surface area contributed by atoms with Crippen LogP contribution < -0.4 is 0 Å². The van der Waals surface area contributed by atoms with Gasteiger partial charge in [-0.1, -0.05) is 13.8 Å². The highest BCUT2D eigenvalue weighted by Crippen LogP contribution is 1.88. The second-order valence-electron chi connectivity index (χ2n) is 2.35. The fraction of sp³-hybridized carbons (Fsp3) is 0.875. The van der Waals surface area contributed by atoms with Crippen molar-refractivity contribution in [2.75, 3.05) is 26.2 Å². The molecule has 0 aliphatic rings. The lowest BCUT2D eigenvalue weighted by Gasteiger charge is -2.18. The molecule has 0 saturated heterocycles. The van der Waals surface area contributed by atoms with E-state index in [1.54, 1.807) is 0 Å². The molecule has 11 heavy (non-hydrogen) atoms. The Balaban J connectivity index is 3.21. The Morgan fingerprint density at radius 2 is 2.00 bits per heavy atom. The summed E-state index contributed by atoms with van der Waals surface area (Å²) >= 11 is 0. The standard InChI is InChI=1S/C8H18NO2/c1-4-9(5-2)6-7-11-8(3)10/h8,10H,3-7H2,1-2H3. The predicted octanol–water partition coefficient (Wildman–Crippen LogP) is 0.497. The zero-order valence-electron chi connectivity index (χ0n) is 7.42. The molecule has 0 saturated carbocycles. The van der Waals surface area contributed by atoms with Crippen molar-refractivity contribution in [2.24, 2.45) is 0 Å². The van der Waals surface area contributed by atoms with Gasteiger partial charge in [-0.3, -0.25) is 0 Å². The van der Waals surface area contributed by atoms with Gasteiger partial charge in [0.05, 0.1) is 6.61 Å². The van der Waals surface area contributed by atoms with Crippen LogP contribution in [0.1, 0.15) is 13.8 Å². The number of aliphatic hydroxyl groups is 1. The monoisotopic (exact) mass is 160 g/mol. The normalized spacial score (nSPS) is 13.9. The van der Waals surface area contributed by atoms with Gasteiger partial charge in [0, 0.05) is 13.5 Å². The van der Waals surface area contributed by atoms with Crippen LogP contribution in [-0.2, 0) is 4.74 Å². The van der Waals surface area contributed by atoms with Crippen molar-refractivity contribution in [2.45, 2.75) is 20.1 Å². The van der Waals surface area contributed by atoms with E-state index in [2.05, 4.69) is 25.7 Å². The van der Waals surface area contributed by atoms with Crippen LogP contribution in [0.3, 0.4) is 0 Å². The lowest BCUT2D eigenvalue weighted by atomic mass is 10.5. The van der Waals surface area contributed by atoms with Gasteiger partial charge in [0.15, 0.2) is 6.29 Å². The third-order valence-electron chi connectivity index (χ3n) is 1.61. The molecule has 0 aliphatic heterocycles. The van der Waals surface area contributed by atoms with Crippen LogP contribution in [0.15, 0.2) is 0 Å². The van der Waals surface area contributed by atoms with E-state index in [-0.39, 0.29) is 0 Å². The molecule has 3 nitrogen and oxygen atoms in total. The smallest absolute Gasteiger partial charge is 0.154 e. The van der Waals surface area contributed by atoms with E-state index in [0.29, 0.717) is 6.61 Å². The first-order valence-corrected chi connectivity index (χ1v) is 4.05. The lowest BCUT2D eigenvalue weighted by Crippen LogP contribution is -2.28. The summed E-state index contributed by atoms with van der Waals surface area (Å²) in [6, 6.07) is 0. The van der Waals surface area contributed by atoms with E-state index in [1.807, 2.05) is 0 Å². The molecule has 1 N–H and O–H groups in total. The van der Waals surface area contributed by atoms with E-state index in [9.17, 15) is 0 Å². The number of aliphatic hydroxyl groups excluding tert-OH is 1. The first kappa shape index (κ1) is 10.9. The minimum Gasteiger partial charge on any atom is -0.368 e. The molecule has 0 spiro atoms. The Kier molecular flexibility index (Phi) is 6.51. The zero-order valence-corrected chi connectivity index (χ0v) is 7.42. The first-order valence-electron chi connectivity index (χ1n) is 4.05. The van der Waals surface area contributed by atoms with Crippen LogP contribution in [0, 0.1) is 6.92 Å². The van der Waals surface area contributed by atoms with Crippen LogP contribution in [-0.4, -0.2) is 42.5 Å². The van der Waals surface area contributed by atoms with Gasteiger partial charge in [0.25, 0.3) is 0 Å². The average Bonchev–Trinajstić information content (AvgIpc) is 1.98. The van der Waals surface area contributed by atoms with E-state index >= 15 is 0 Å². The van der Waals surface area contributed by atoms with Gasteiger partial charge in [0.2, 0.25) is 0 Å². The van der Waals surface area contributed by atoms with Crippen LogP contribution in [0.5, 0.6) is 0 Å². The number of ether oxygens (including phenoxy) is 1. The molecule has 1 atom stereocenters. The molecule has 67 valence electrons. The van der Waals surface area contributed by atoms with Crippen molar-refractivity contribution in [3.63, 3.8) is 0 Å². The first-order chi connectivity index (χ1) is 5.20. The average molecular weight is 160 g/mol. The van der Waals surface area contributed by atoms with Crippen LogP contribution in [0.25, 0.3) is 0 Å². The third kappa shape index (κ3) is 6.28. The third-order valence-corrected chi connectivity index (χ3v) is 1.61. The summed E-state index contributed by atoms with van der Waals surface area (Å²) in [7, 11) is 0. The van der Waals surface area contributed by atoms with Crippen molar-refractivity contribution in [1.29, 1.82) is 0 Å². The fourth-order valence-corrected chi connectivity index (χ4v) is 0.858. The molecular formula is C8H18NO2. The molecular weight excluding hydrogens is 142 g/mol. The number of hydrogen-bond acceptors (Lipinski definition) is 3. The molecule has 0 rings (SSSR count). The van der Waals surface area contributed by atoms with Crippen LogP contribution >= 0.6 is 0 Å². The van der Waals surface area contributed by atoms with Gasteiger partial charge in [-0.15, -0.1) is 0 Å². The minimum atomic E-state index is -0.884. The molecule has 0 amide bonds. The molecule has 0 fully saturated rings. The van der Waals surface area contributed by atoms with Gasteiger partial charge in [-0.05, 0) is 13.1 Å². The maximum atomic E-state index is 8.66. The Hall–Kier alpha value is -0.120. The van der Waals surface area contributed by atoms with E-state index < -0.39 is 6.29 Å². The van der Waals surface area contributed by atoms with E-state index in [0.717, 1.165) is 19.6 Å². The highest BCUT2D eigenvalue weighted by molar-refractivity contribution is 4.51. The van der Waals surface area contributed by atoms with Gasteiger partial charge in [0.1, 0.15) is 0 Å². The van der Waals surface area contributed by atoms with Crippen molar-refractivity contribution in [3.05, 3.63) is 6.92 Å². The largest absolute Gasteiger partial charge is 0.368 e. The van der Waals surface area contributed by atoms with Crippen molar-refractivity contribution in [3.8, 4) is 0 Å². The highest BCUT2D eigenvalue weighted by Gasteiger charge is 1.99. The zero-order chi connectivity index (χ0) is 8.69. The molecule has 1 unspecified atom stereocenters. The molecule has 0 aliphatic carbocycles. The van der Waals surface area contributed by atoms with Gasteiger partial charge >= 0.3 is 0 Å². The Bertz CT molecular complexity index is 82.2. The van der Waals surface area contributed by atoms with Crippen LogP contribution in [0.4, 0.5) is 0 Å². The van der Waals surface area contributed by atoms with E-state index in [1.165, 1.54) is 0 Å². The number of likely N-dealkylation sites (N-methyl/N-ethyl adjacent to an activating group) is 1. The number of nitrogens with zero attached hydrogens (tertiary/aromatic N) is 1. The van der Waals surface area contributed by atoms with Crippen molar-refractivity contribution >= 4 is 0 Å². The summed E-state index contributed by atoms with van der Waals surface area (Å²) in [6.45, 7) is 11.0. The predicted molar refractivity (Wildman–Crippen MR) is 45.1 cm³/mol. The van der Waals surface area contributed by atoms with Gasteiger partial charge < -0.3 is 14.7 Å². The van der Waals surface area contributed by atoms with E-state index in [4.69, 9.17) is 9.84 Å². The molecule has 1 radical (unpaired) electrons. The van der Waals surface area contributed by atoms with Gasteiger partial charge in [-0.2, -0.15) is 0 Å². The Morgan fingerprint density at radius 3 is 2.36 bits per heavy atom. The molecule has 0 heterocycles. The summed E-state index contributed by atoms with van der Waals surface area (Å²) in [4.78, 5) is 2.22. The molecule has 0 aromatic rings. The summed E-state index contributed by atoms with van der Waals surface area (Å²) in [5.41, 5.74) is 0. The second-order valence-corrected chi connectivity index (χ2v) is 2.35. The molecule has 3 heteroatoms. The lowest BCUT2D eigenvalue weighted by molar-refractivity contribution is -0.0708. The fourth-order valence-electron chi connectivity index (χ4n) is 0.858. The molecule has 0 aromatic carbocycles.